The summed E-state index contributed by atoms with van der Waals surface area (Å²) in [6.07, 6.45) is 2.68. The lowest BCUT2D eigenvalue weighted by atomic mass is 10.1. The molecule has 0 saturated carbocycles. The fourth-order valence-electron chi connectivity index (χ4n) is 2.44. The lowest BCUT2D eigenvalue weighted by Gasteiger charge is -2.13. The molecule has 1 saturated heterocycles. The van der Waals surface area contributed by atoms with E-state index in [-0.39, 0.29) is 12.5 Å². The Hall–Kier alpha value is -1.90. The van der Waals surface area contributed by atoms with Crippen LogP contribution in [0.3, 0.4) is 0 Å². The number of aromatic nitrogens is 1. The van der Waals surface area contributed by atoms with Crippen molar-refractivity contribution in [3.05, 3.63) is 29.6 Å². The number of carbonyl (C=O) groups is 1. The normalized spacial score (nSPS) is 18.1. The molecular weight excluding hydrogens is 266 g/mol. The summed E-state index contributed by atoms with van der Waals surface area (Å²) in [7, 11) is 0. The smallest absolute Gasteiger partial charge is 0.269 e. The zero-order chi connectivity index (χ0) is 15.1. The van der Waals surface area contributed by atoms with Crippen molar-refractivity contribution < 1.29 is 9.90 Å². The number of hydrogen-bond acceptors (Lipinski definition) is 4. The van der Waals surface area contributed by atoms with Crippen LogP contribution in [0.2, 0.25) is 0 Å². The number of carbonyl (C=O) groups excluding carboxylic acids is 1. The molecule has 0 aromatic carbocycles. The van der Waals surface area contributed by atoms with E-state index in [2.05, 4.69) is 34.0 Å². The first-order chi connectivity index (χ1) is 10.2. The van der Waals surface area contributed by atoms with E-state index in [0.717, 1.165) is 26.1 Å². The molecule has 112 valence electrons. The topological polar surface area (TPSA) is 65.5 Å². The number of aliphatic hydroxyl groups is 1. The average Bonchev–Trinajstić information content (AvgIpc) is 2.99. The van der Waals surface area contributed by atoms with Crippen molar-refractivity contribution in [1.82, 2.24) is 15.2 Å². The highest BCUT2D eigenvalue weighted by atomic mass is 16.2. The third-order valence-corrected chi connectivity index (χ3v) is 3.68. The molecule has 2 heterocycles. The monoisotopic (exact) mass is 287 g/mol. The third kappa shape index (κ3) is 4.55. The Morgan fingerprint density at radius 3 is 3.05 bits per heavy atom. The molecule has 0 aliphatic carbocycles. The van der Waals surface area contributed by atoms with E-state index in [9.17, 15) is 4.79 Å². The van der Waals surface area contributed by atoms with Gasteiger partial charge < -0.3 is 15.3 Å². The summed E-state index contributed by atoms with van der Waals surface area (Å²) in [4.78, 5) is 18.5. The molecule has 21 heavy (non-hydrogen) atoms. The Balaban J connectivity index is 1.83. The molecule has 5 nitrogen and oxygen atoms in total. The Kier molecular flexibility index (Phi) is 5.73. The maximum Gasteiger partial charge on any atom is 0.269 e. The van der Waals surface area contributed by atoms with Gasteiger partial charge in [-0.3, -0.25) is 4.79 Å². The van der Waals surface area contributed by atoms with Gasteiger partial charge in [-0.1, -0.05) is 18.8 Å². The number of hydrogen-bond donors (Lipinski definition) is 2. The Morgan fingerprint density at radius 2 is 2.43 bits per heavy atom. The average molecular weight is 287 g/mol. The highest BCUT2D eigenvalue weighted by Crippen LogP contribution is 2.14. The molecule has 1 aliphatic heterocycles. The summed E-state index contributed by atoms with van der Waals surface area (Å²) in [6.45, 7) is 5.92. The summed E-state index contributed by atoms with van der Waals surface area (Å²) in [5.74, 6) is 5.68. The molecule has 0 spiro atoms. The van der Waals surface area contributed by atoms with E-state index >= 15 is 0 Å². The molecule has 1 atom stereocenters. The quantitative estimate of drug-likeness (QED) is 0.791. The number of likely N-dealkylation sites (tertiary alicyclic amines) is 1. The van der Waals surface area contributed by atoms with Crippen LogP contribution in [0.15, 0.2) is 18.3 Å². The summed E-state index contributed by atoms with van der Waals surface area (Å²) >= 11 is 0. The van der Waals surface area contributed by atoms with Crippen LogP contribution in [0.25, 0.3) is 0 Å². The van der Waals surface area contributed by atoms with E-state index in [1.165, 1.54) is 0 Å². The minimum Gasteiger partial charge on any atom is -0.384 e. The van der Waals surface area contributed by atoms with Crippen LogP contribution in [0.5, 0.6) is 0 Å². The van der Waals surface area contributed by atoms with Gasteiger partial charge in [0.05, 0.1) is 0 Å². The van der Waals surface area contributed by atoms with E-state index in [1.54, 1.807) is 18.3 Å². The van der Waals surface area contributed by atoms with Gasteiger partial charge in [-0.25, -0.2) is 4.98 Å². The van der Waals surface area contributed by atoms with E-state index in [4.69, 9.17) is 5.11 Å². The van der Waals surface area contributed by atoms with E-state index in [1.807, 2.05) is 0 Å². The van der Waals surface area contributed by atoms with Crippen LogP contribution in [0.1, 0.15) is 29.4 Å². The highest BCUT2D eigenvalue weighted by Gasteiger charge is 2.21. The van der Waals surface area contributed by atoms with Crippen LogP contribution >= 0.6 is 0 Å². The lowest BCUT2D eigenvalue weighted by molar-refractivity contribution is 0.0942. The van der Waals surface area contributed by atoms with Crippen molar-refractivity contribution in [2.45, 2.75) is 13.3 Å². The molecule has 1 aliphatic rings. The van der Waals surface area contributed by atoms with Gasteiger partial charge in [0.2, 0.25) is 0 Å². The maximum absolute atomic E-state index is 12.0. The Morgan fingerprint density at radius 1 is 1.57 bits per heavy atom. The molecule has 2 N–H and O–H groups in total. The molecular formula is C16H21N3O2. The van der Waals surface area contributed by atoms with Gasteiger partial charge in [0, 0.05) is 24.8 Å². The number of rotatable bonds is 4. The number of pyridine rings is 1. The maximum atomic E-state index is 12.0. The van der Waals surface area contributed by atoms with Crippen LogP contribution < -0.4 is 5.32 Å². The van der Waals surface area contributed by atoms with Gasteiger partial charge in [-0.05, 0) is 37.6 Å². The van der Waals surface area contributed by atoms with Gasteiger partial charge in [-0.15, -0.1) is 0 Å². The first-order valence-corrected chi connectivity index (χ1v) is 7.29. The number of nitrogens with one attached hydrogen (secondary N) is 1. The van der Waals surface area contributed by atoms with Crippen LogP contribution in [-0.4, -0.2) is 53.7 Å². The minimum atomic E-state index is -0.182. The molecule has 1 aromatic rings. The minimum absolute atomic E-state index is 0.147. The van der Waals surface area contributed by atoms with Crippen molar-refractivity contribution in [2.75, 3.05) is 32.8 Å². The molecule has 1 fully saturated rings. The van der Waals surface area contributed by atoms with E-state index in [0.29, 0.717) is 23.7 Å². The predicted molar refractivity (Wildman–Crippen MR) is 80.8 cm³/mol. The summed E-state index contributed by atoms with van der Waals surface area (Å²) in [5.41, 5.74) is 1.09. The summed E-state index contributed by atoms with van der Waals surface area (Å²) in [6, 6.07) is 3.39. The van der Waals surface area contributed by atoms with Crippen molar-refractivity contribution in [3.63, 3.8) is 0 Å². The predicted octanol–water partition coefficient (Wildman–Crippen LogP) is 0.497. The first-order valence-electron chi connectivity index (χ1n) is 7.29. The van der Waals surface area contributed by atoms with E-state index < -0.39 is 0 Å². The van der Waals surface area contributed by atoms with Crippen LogP contribution in [-0.2, 0) is 0 Å². The van der Waals surface area contributed by atoms with Crippen molar-refractivity contribution in [3.8, 4) is 11.8 Å². The van der Waals surface area contributed by atoms with Gasteiger partial charge in [0.25, 0.3) is 5.91 Å². The number of aliphatic hydroxyl groups excluding tert-OH is 1. The second kappa shape index (κ2) is 7.77. The molecule has 5 heteroatoms. The fraction of sp³-hybridized carbons (Fsp3) is 0.500. The van der Waals surface area contributed by atoms with Crippen LogP contribution in [0, 0.1) is 17.8 Å². The van der Waals surface area contributed by atoms with Crippen molar-refractivity contribution in [1.29, 1.82) is 0 Å². The lowest BCUT2D eigenvalue weighted by Crippen LogP contribution is -2.31. The third-order valence-electron chi connectivity index (χ3n) is 3.68. The van der Waals surface area contributed by atoms with Crippen LogP contribution in [0.4, 0.5) is 0 Å². The summed E-state index contributed by atoms with van der Waals surface area (Å²) < 4.78 is 0. The second-order valence-electron chi connectivity index (χ2n) is 5.15. The second-order valence-corrected chi connectivity index (χ2v) is 5.15. The highest BCUT2D eigenvalue weighted by molar-refractivity contribution is 5.92. The molecule has 0 bridgehead atoms. The number of amides is 1. The first kappa shape index (κ1) is 15.5. The zero-order valence-electron chi connectivity index (χ0n) is 12.3. The van der Waals surface area contributed by atoms with Gasteiger partial charge in [0.15, 0.2) is 0 Å². The largest absolute Gasteiger partial charge is 0.384 e. The Labute approximate surface area is 125 Å². The fourth-order valence-corrected chi connectivity index (χ4v) is 2.44. The standard InChI is InChI=1S/C16H21N3O2/c1-2-19-8-7-14(12-19)11-18-16(21)15-6-5-13(10-17-15)4-3-9-20/h5-6,10,14,20H,2,7-9,11-12H2,1H3,(H,18,21). The molecule has 2 rings (SSSR count). The molecule has 0 radical (unpaired) electrons. The molecule has 1 unspecified atom stereocenters. The molecule has 1 aromatic heterocycles. The van der Waals surface area contributed by atoms with Gasteiger partial charge in [-0.2, -0.15) is 0 Å². The summed E-state index contributed by atoms with van der Waals surface area (Å²) in [5, 5.41) is 11.6. The van der Waals surface area contributed by atoms with Crippen molar-refractivity contribution in [2.24, 2.45) is 5.92 Å². The molecule has 1 amide bonds. The van der Waals surface area contributed by atoms with Gasteiger partial charge >= 0.3 is 0 Å². The zero-order valence-corrected chi connectivity index (χ0v) is 12.3. The van der Waals surface area contributed by atoms with Crippen molar-refractivity contribution >= 4 is 5.91 Å². The number of nitrogens with zero attached hydrogens (tertiary/aromatic N) is 2. The SMILES string of the molecule is CCN1CCC(CNC(=O)c2ccc(C#CCO)cn2)C1. The van der Waals surface area contributed by atoms with Gasteiger partial charge in [0.1, 0.15) is 12.3 Å². The Bertz CT molecular complexity index is 531.